The Bertz CT molecular complexity index is 2990. The summed E-state index contributed by atoms with van der Waals surface area (Å²) in [7, 11) is 0. The molecule has 3 heteroatoms. The molecule has 0 aliphatic rings. The summed E-state index contributed by atoms with van der Waals surface area (Å²) in [5.74, 6) is 1.91. The van der Waals surface area contributed by atoms with Gasteiger partial charge in [-0.15, -0.1) is 0 Å². The molecule has 10 aromatic rings. The molecule has 0 saturated heterocycles. The van der Waals surface area contributed by atoms with Crippen molar-refractivity contribution in [1.82, 2.24) is 15.0 Å². The number of benzene rings is 9. The van der Waals surface area contributed by atoms with Crippen molar-refractivity contribution in [3.63, 3.8) is 0 Å². The second kappa shape index (κ2) is 14.4. The zero-order valence-electron chi connectivity index (χ0n) is 30.5. The van der Waals surface area contributed by atoms with Crippen LogP contribution in [-0.2, 0) is 0 Å². The molecule has 0 amide bonds. The molecule has 0 aliphatic heterocycles. The molecule has 0 saturated carbocycles. The Balaban J connectivity index is 1.00. The third-order valence-corrected chi connectivity index (χ3v) is 10.6. The molecule has 0 spiro atoms. The van der Waals surface area contributed by atoms with Crippen LogP contribution < -0.4 is 0 Å². The van der Waals surface area contributed by atoms with Gasteiger partial charge in [0.25, 0.3) is 0 Å². The SMILES string of the molecule is c1ccc(-c2nc(-c3ccc(-c4ccc(-c5ccccc5)c5ccccc45)cc3)nc(-c3cccc(-c4ccc(-c5cccc6ccccc56)cc4)c3)n2)cc1. The number of rotatable bonds is 7. The lowest BCUT2D eigenvalue weighted by molar-refractivity contribution is 1.07. The molecule has 1 aromatic heterocycles. The minimum absolute atomic E-state index is 0.634. The molecule has 10 rings (SSSR count). The van der Waals surface area contributed by atoms with Gasteiger partial charge in [0.1, 0.15) is 0 Å². The predicted octanol–water partition coefficient (Wildman–Crippen LogP) is 13.8. The molecule has 0 atom stereocenters. The fourth-order valence-electron chi connectivity index (χ4n) is 7.73. The lowest BCUT2D eigenvalue weighted by atomic mass is 9.92. The van der Waals surface area contributed by atoms with Crippen molar-refractivity contribution in [2.24, 2.45) is 0 Å². The van der Waals surface area contributed by atoms with E-state index in [1.165, 1.54) is 49.4 Å². The number of nitrogens with zero attached hydrogens (tertiary/aromatic N) is 3. The van der Waals surface area contributed by atoms with Gasteiger partial charge in [0, 0.05) is 16.7 Å². The molecule has 262 valence electrons. The second-order valence-electron chi connectivity index (χ2n) is 14.0. The van der Waals surface area contributed by atoms with Crippen molar-refractivity contribution >= 4 is 21.5 Å². The van der Waals surface area contributed by atoms with Crippen molar-refractivity contribution in [1.29, 1.82) is 0 Å². The third kappa shape index (κ3) is 6.31. The van der Waals surface area contributed by atoms with Crippen molar-refractivity contribution in [2.75, 3.05) is 0 Å². The van der Waals surface area contributed by atoms with E-state index in [2.05, 4.69) is 182 Å². The molecule has 0 aliphatic carbocycles. The van der Waals surface area contributed by atoms with Gasteiger partial charge >= 0.3 is 0 Å². The Morgan fingerprint density at radius 1 is 0.214 bits per heavy atom. The molecule has 9 aromatic carbocycles. The fourth-order valence-corrected chi connectivity index (χ4v) is 7.73. The summed E-state index contributed by atoms with van der Waals surface area (Å²) < 4.78 is 0. The number of aromatic nitrogens is 3. The van der Waals surface area contributed by atoms with Crippen molar-refractivity contribution in [3.8, 4) is 78.7 Å². The summed E-state index contributed by atoms with van der Waals surface area (Å²) >= 11 is 0. The van der Waals surface area contributed by atoms with Crippen LogP contribution in [0.25, 0.3) is 100 Å². The Labute approximate surface area is 326 Å². The minimum atomic E-state index is 0.634. The minimum Gasteiger partial charge on any atom is -0.208 e. The first-order chi connectivity index (χ1) is 27.7. The summed E-state index contributed by atoms with van der Waals surface area (Å²) in [5.41, 5.74) is 12.2. The fraction of sp³-hybridized carbons (Fsp3) is 0. The average molecular weight is 714 g/mol. The predicted molar refractivity (Wildman–Crippen MR) is 233 cm³/mol. The number of hydrogen-bond donors (Lipinski definition) is 0. The van der Waals surface area contributed by atoms with Gasteiger partial charge in [-0.1, -0.05) is 206 Å². The largest absolute Gasteiger partial charge is 0.208 e. The highest BCUT2D eigenvalue weighted by atomic mass is 15.0. The van der Waals surface area contributed by atoms with E-state index in [-0.39, 0.29) is 0 Å². The van der Waals surface area contributed by atoms with Gasteiger partial charge in [-0.25, -0.2) is 15.0 Å². The summed E-state index contributed by atoms with van der Waals surface area (Å²) in [6, 6.07) is 74.8. The lowest BCUT2D eigenvalue weighted by Crippen LogP contribution is -2.00. The monoisotopic (exact) mass is 713 g/mol. The van der Waals surface area contributed by atoms with Crippen LogP contribution in [-0.4, -0.2) is 15.0 Å². The highest BCUT2D eigenvalue weighted by Gasteiger charge is 2.15. The molecule has 1 heterocycles. The maximum atomic E-state index is 5.09. The Morgan fingerprint density at radius 3 is 1.21 bits per heavy atom. The number of hydrogen-bond acceptors (Lipinski definition) is 3. The first-order valence-electron chi connectivity index (χ1n) is 18.9. The molecular formula is C53H35N3. The van der Waals surface area contributed by atoms with E-state index in [9.17, 15) is 0 Å². The molecular weight excluding hydrogens is 679 g/mol. The van der Waals surface area contributed by atoms with Crippen LogP contribution in [0.5, 0.6) is 0 Å². The quantitative estimate of drug-likeness (QED) is 0.165. The lowest BCUT2D eigenvalue weighted by Gasteiger charge is -2.13. The highest BCUT2D eigenvalue weighted by molar-refractivity contribution is 6.05. The van der Waals surface area contributed by atoms with Crippen LogP contribution in [0.4, 0.5) is 0 Å². The van der Waals surface area contributed by atoms with Gasteiger partial charge in [0.05, 0.1) is 0 Å². The van der Waals surface area contributed by atoms with Crippen LogP contribution >= 0.6 is 0 Å². The molecule has 0 N–H and O–H groups in total. The standard InChI is InChI=1S/C53H35N3/c1-3-13-37(14-4-1)47-33-34-48(50-23-10-9-22-49(47)50)40-29-31-42(32-30-40)52-54-51(41-16-5-2-6-17-41)55-53(56-52)44-20-11-19-43(35-44)36-25-27-39(28-26-36)46-24-12-18-38-15-7-8-21-45(38)46/h1-35H. The van der Waals surface area contributed by atoms with Gasteiger partial charge in [0.15, 0.2) is 17.5 Å². The third-order valence-electron chi connectivity index (χ3n) is 10.6. The van der Waals surface area contributed by atoms with Crippen LogP contribution in [0.1, 0.15) is 0 Å². The van der Waals surface area contributed by atoms with Crippen LogP contribution in [0, 0.1) is 0 Å². The smallest absolute Gasteiger partial charge is 0.164 e. The van der Waals surface area contributed by atoms with Crippen molar-refractivity contribution in [2.45, 2.75) is 0 Å². The van der Waals surface area contributed by atoms with E-state index in [1.54, 1.807) is 0 Å². The normalized spacial score (nSPS) is 11.2. The van der Waals surface area contributed by atoms with Gasteiger partial charge in [-0.3, -0.25) is 0 Å². The molecule has 0 fully saturated rings. The van der Waals surface area contributed by atoms with E-state index in [4.69, 9.17) is 15.0 Å². The zero-order chi connectivity index (χ0) is 37.3. The van der Waals surface area contributed by atoms with Crippen LogP contribution in [0.15, 0.2) is 212 Å². The Kier molecular flexibility index (Phi) is 8.51. The van der Waals surface area contributed by atoms with E-state index in [0.29, 0.717) is 17.5 Å². The van der Waals surface area contributed by atoms with Crippen LogP contribution in [0.2, 0.25) is 0 Å². The summed E-state index contributed by atoms with van der Waals surface area (Å²) in [6.07, 6.45) is 0. The second-order valence-corrected chi connectivity index (χ2v) is 14.0. The first kappa shape index (κ1) is 33.1. The van der Waals surface area contributed by atoms with E-state index >= 15 is 0 Å². The molecule has 56 heavy (non-hydrogen) atoms. The highest BCUT2D eigenvalue weighted by Crippen LogP contribution is 2.37. The van der Waals surface area contributed by atoms with Crippen LogP contribution in [0.3, 0.4) is 0 Å². The van der Waals surface area contributed by atoms with Crippen molar-refractivity contribution < 1.29 is 0 Å². The van der Waals surface area contributed by atoms with Gasteiger partial charge < -0.3 is 0 Å². The molecule has 3 nitrogen and oxygen atoms in total. The maximum Gasteiger partial charge on any atom is 0.164 e. The summed E-state index contributed by atoms with van der Waals surface area (Å²) in [6.45, 7) is 0. The first-order valence-corrected chi connectivity index (χ1v) is 18.9. The molecule has 0 bridgehead atoms. The molecule has 0 radical (unpaired) electrons. The maximum absolute atomic E-state index is 5.09. The summed E-state index contributed by atoms with van der Waals surface area (Å²) in [4.78, 5) is 15.1. The average Bonchev–Trinajstić information content (AvgIpc) is 3.29. The number of fused-ring (bicyclic) bond motifs is 2. The van der Waals surface area contributed by atoms with Crippen molar-refractivity contribution in [3.05, 3.63) is 212 Å². The molecule has 0 unspecified atom stereocenters. The van der Waals surface area contributed by atoms with Gasteiger partial charge in [-0.05, 0) is 72.1 Å². The van der Waals surface area contributed by atoms with E-state index in [0.717, 1.165) is 33.4 Å². The van der Waals surface area contributed by atoms with E-state index < -0.39 is 0 Å². The Morgan fingerprint density at radius 2 is 0.589 bits per heavy atom. The Hall–Kier alpha value is -7.49. The summed E-state index contributed by atoms with van der Waals surface area (Å²) in [5, 5.41) is 4.95. The van der Waals surface area contributed by atoms with E-state index in [1.807, 2.05) is 30.3 Å². The zero-order valence-corrected chi connectivity index (χ0v) is 30.5. The topological polar surface area (TPSA) is 38.7 Å². The van der Waals surface area contributed by atoms with Gasteiger partial charge in [-0.2, -0.15) is 0 Å². The van der Waals surface area contributed by atoms with Gasteiger partial charge in [0.2, 0.25) is 0 Å².